The normalized spacial score (nSPS) is 17.6. The number of halogens is 2. The van der Waals surface area contributed by atoms with E-state index in [-0.39, 0.29) is 28.7 Å². The summed E-state index contributed by atoms with van der Waals surface area (Å²) >= 11 is 0. The molecular formula is C18H17F2N5O3S. The van der Waals surface area contributed by atoms with Crippen LogP contribution in [0, 0.1) is 11.6 Å². The van der Waals surface area contributed by atoms with Crippen molar-refractivity contribution >= 4 is 21.5 Å². The highest BCUT2D eigenvalue weighted by Gasteiger charge is 2.31. The fourth-order valence-corrected chi connectivity index (χ4v) is 4.56. The molecule has 1 aliphatic rings. The van der Waals surface area contributed by atoms with Gasteiger partial charge in [-0.15, -0.1) is 0 Å². The minimum Gasteiger partial charge on any atom is -0.338 e. The Bertz CT molecular complexity index is 1190. The predicted octanol–water partition coefficient (Wildman–Crippen LogP) is 1.83. The first kappa shape index (κ1) is 19.4. The van der Waals surface area contributed by atoms with Crippen molar-refractivity contribution in [3.8, 4) is 0 Å². The molecule has 1 atom stereocenters. The maximum atomic E-state index is 13.5. The summed E-state index contributed by atoms with van der Waals surface area (Å²) in [5, 5.41) is 4.10. The average Bonchev–Trinajstić information content (AvgIpc) is 3.14. The molecule has 2 aromatic heterocycles. The fourth-order valence-electron chi connectivity index (χ4n) is 3.68. The molecule has 0 aliphatic carbocycles. The van der Waals surface area contributed by atoms with E-state index in [9.17, 15) is 22.0 Å². The first-order chi connectivity index (χ1) is 13.7. The number of fused-ring (bicyclic) bond motifs is 1. The van der Waals surface area contributed by atoms with Crippen LogP contribution >= 0.6 is 0 Å². The van der Waals surface area contributed by atoms with Crippen molar-refractivity contribution < 1.29 is 22.0 Å². The molecule has 3 heterocycles. The maximum absolute atomic E-state index is 13.5. The van der Waals surface area contributed by atoms with Crippen LogP contribution in [0.15, 0.2) is 35.6 Å². The van der Waals surface area contributed by atoms with Gasteiger partial charge < -0.3 is 4.90 Å². The van der Waals surface area contributed by atoms with Crippen molar-refractivity contribution in [1.29, 1.82) is 0 Å². The van der Waals surface area contributed by atoms with E-state index in [0.717, 1.165) is 18.4 Å². The molecule has 0 unspecified atom stereocenters. The Morgan fingerprint density at radius 3 is 2.59 bits per heavy atom. The minimum atomic E-state index is -3.61. The van der Waals surface area contributed by atoms with Crippen LogP contribution in [0.5, 0.6) is 0 Å². The molecule has 0 spiro atoms. The molecule has 0 bridgehead atoms. The first-order valence-corrected chi connectivity index (χ1v) is 10.8. The third-order valence-corrected chi connectivity index (χ3v) is 6.03. The number of likely N-dealkylation sites (tertiary alicyclic amines) is 1. The molecule has 0 radical (unpaired) electrons. The smallest absolute Gasteiger partial charge is 0.254 e. The highest BCUT2D eigenvalue weighted by Crippen LogP contribution is 2.32. The highest BCUT2D eigenvalue weighted by atomic mass is 32.2. The van der Waals surface area contributed by atoms with E-state index in [0.29, 0.717) is 31.1 Å². The Labute approximate surface area is 165 Å². The van der Waals surface area contributed by atoms with Gasteiger partial charge >= 0.3 is 0 Å². The number of nitrogens with zero attached hydrogens (tertiary/aromatic N) is 5. The first-order valence-electron chi connectivity index (χ1n) is 8.88. The molecule has 3 aromatic rings. The lowest BCUT2D eigenvalue weighted by molar-refractivity contribution is 0.0703. The summed E-state index contributed by atoms with van der Waals surface area (Å²) in [6.07, 6.45) is 4.81. The third-order valence-electron chi connectivity index (χ3n) is 4.91. The van der Waals surface area contributed by atoms with Gasteiger partial charge in [0.2, 0.25) is 0 Å². The Balaban J connectivity index is 1.72. The van der Waals surface area contributed by atoms with Crippen LogP contribution in [0.1, 0.15) is 34.8 Å². The molecule has 152 valence electrons. The van der Waals surface area contributed by atoms with Crippen molar-refractivity contribution in [2.45, 2.75) is 23.7 Å². The molecule has 1 aliphatic heterocycles. The summed E-state index contributed by atoms with van der Waals surface area (Å²) in [6, 6.07) is 2.67. The zero-order valence-corrected chi connectivity index (χ0v) is 16.2. The molecule has 29 heavy (non-hydrogen) atoms. The Morgan fingerprint density at radius 1 is 1.17 bits per heavy atom. The number of carbonyl (C=O) groups is 1. The van der Waals surface area contributed by atoms with E-state index in [1.807, 2.05) is 0 Å². The number of sulfone groups is 1. The Morgan fingerprint density at radius 2 is 1.90 bits per heavy atom. The third kappa shape index (κ3) is 3.69. The van der Waals surface area contributed by atoms with Crippen LogP contribution in [0.4, 0.5) is 8.78 Å². The van der Waals surface area contributed by atoms with Gasteiger partial charge in [-0.25, -0.2) is 22.2 Å². The van der Waals surface area contributed by atoms with Crippen molar-refractivity contribution in [2.75, 3.05) is 19.3 Å². The van der Waals surface area contributed by atoms with Gasteiger partial charge in [-0.1, -0.05) is 0 Å². The van der Waals surface area contributed by atoms with E-state index in [1.54, 1.807) is 0 Å². The summed E-state index contributed by atoms with van der Waals surface area (Å²) in [6.45, 7) is 0.575. The van der Waals surface area contributed by atoms with Gasteiger partial charge in [0.15, 0.2) is 9.84 Å². The Kier molecular flexibility index (Phi) is 4.77. The lowest BCUT2D eigenvalue weighted by Crippen LogP contribution is -2.40. The number of aromatic nitrogens is 4. The van der Waals surface area contributed by atoms with Crippen LogP contribution in [-0.4, -0.2) is 58.2 Å². The van der Waals surface area contributed by atoms with Crippen molar-refractivity contribution in [3.05, 3.63) is 53.6 Å². The number of hydrogen-bond acceptors (Lipinski definition) is 6. The van der Waals surface area contributed by atoms with Crippen LogP contribution in [0.3, 0.4) is 0 Å². The molecule has 11 heteroatoms. The van der Waals surface area contributed by atoms with Crippen LogP contribution in [0.2, 0.25) is 0 Å². The molecule has 4 rings (SSSR count). The number of benzene rings is 1. The molecule has 0 saturated carbocycles. The predicted molar refractivity (Wildman–Crippen MR) is 98.1 cm³/mol. The van der Waals surface area contributed by atoms with E-state index >= 15 is 0 Å². The molecule has 0 N–H and O–H groups in total. The number of rotatable bonds is 3. The summed E-state index contributed by atoms with van der Waals surface area (Å²) < 4.78 is 53.0. The van der Waals surface area contributed by atoms with E-state index < -0.39 is 27.4 Å². The minimum absolute atomic E-state index is 0.0200. The highest BCUT2D eigenvalue weighted by molar-refractivity contribution is 7.90. The van der Waals surface area contributed by atoms with E-state index in [2.05, 4.69) is 15.1 Å². The second-order valence-electron chi connectivity index (χ2n) is 7.00. The van der Waals surface area contributed by atoms with Gasteiger partial charge in [-0.05, 0) is 25.0 Å². The van der Waals surface area contributed by atoms with Gasteiger partial charge in [-0.2, -0.15) is 14.6 Å². The molecule has 1 fully saturated rings. The van der Waals surface area contributed by atoms with Crippen molar-refractivity contribution in [1.82, 2.24) is 24.5 Å². The number of amides is 1. The monoisotopic (exact) mass is 421 g/mol. The quantitative estimate of drug-likeness (QED) is 0.640. The maximum Gasteiger partial charge on any atom is 0.254 e. The lowest BCUT2D eigenvalue weighted by Gasteiger charge is -2.33. The van der Waals surface area contributed by atoms with Gasteiger partial charge in [0.25, 0.3) is 11.7 Å². The second kappa shape index (κ2) is 7.14. The number of hydrogen-bond donors (Lipinski definition) is 0. The lowest BCUT2D eigenvalue weighted by atomic mass is 9.94. The van der Waals surface area contributed by atoms with Gasteiger partial charge in [0.1, 0.15) is 22.9 Å². The zero-order chi connectivity index (χ0) is 20.8. The molecule has 1 saturated heterocycles. The second-order valence-corrected chi connectivity index (χ2v) is 8.98. The molecule has 1 aromatic carbocycles. The molecule has 1 amide bonds. The van der Waals surface area contributed by atoms with Crippen LogP contribution in [0.25, 0.3) is 5.78 Å². The topological polar surface area (TPSA) is 97.5 Å². The summed E-state index contributed by atoms with van der Waals surface area (Å²) in [5.41, 5.74) is 0.310. The van der Waals surface area contributed by atoms with Crippen LogP contribution < -0.4 is 0 Å². The van der Waals surface area contributed by atoms with Crippen molar-refractivity contribution in [2.24, 2.45) is 0 Å². The zero-order valence-electron chi connectivity index (χ0n) is 15.4. The number of piperidine rings is 1. The molecular weight excluding hydrogens is 404 g/mol. The largest absolute Gasteiger partial charge is 0.338 e. The van der Waals surface area contributed by atoms with Gasteiger partial charge in [0, 0.05) is 36.9 Å². The fraction of sp³-hybridized carbons (Fsp3) is 0.333. The summed E-state index contributed by atoms with van der Waals surface area (Å²) in [4.78, 5) is 22.3. The van der Waals surface area contributed by atoms with E-state index in [4.69, 9.17) is 0 Å². The molecule has 8 nitrogen and oxygen atoms in total. The van der Waals surface area contributed by atoms with E-state index in [1.165, 1.54) is 21.9 Å². The SMILES string of the molecule is CS(=O)(=O)c1cnc2ncnn2c1[C@H]1CCCN(C(=O)c2cc(F)cc(F)c2)C1. The Hall–Kier alpha value is -2.95. The summed E-state index contributed by atoms with van der Waals surface area (Å²) in [5.74, 6) is -2.29. The summed E-state index contributed by atoms with van der Waals surface area (Å²) in [7, 11) is -3.61. The number of carbonyl (C=O) groups excluding carboxylic acids is 1. The van der Waals surface area contributed by atoms with Crippen LogP contribution in [-0.2, 0) is 9.84 Å². The van der Waals surface area contributed by atoms with Gasteiger partial charge in [-0.3, -0.25) is 4.79 Å². The van der Waals surface area contributed by atoms with Crippen molar-refractivity contribution in [3.63, 3.8) is 0 Å². The standard InChI is InChI=1S/C18H17F2N5O3S/c1-29(27,28)15-8-21-18-22-10-23-25(18)16(15)11-3-2-4-24(9-11)17(26)12-5-13(19)7-14(20)6-12/h5-8,10-11H,2-4,9H2,1H3/t11-/m0/s1. The van der Waals surface area contributed by atoms with Gasteiger partial charge in [0.05, 0.1) is 11.9 Å². The average molecular weight is 421 g/mol.